The van der Waals surface area contributed by atoms with Gasteiger partial charge in [-0.3, -0.25) is 4.79 Å². The molecule has 5 nitrogen and oxygen atoms in total. The molecule has 1 heterocycles. The number of carbonyl (C=O) groups is 1. The molecule has 0 spiro atoms. The number of nitrogens with one attached hydrogen (secondary N) is 1. The monoisotopic (exact) mass is 507 g/mol. The van der Waals surface area contributed by atoms with E-state index in [4.69, 9.17) is 9.72 Å². The minimum atomic E-state index is -0.615. The summed E-state index contributed by atoms with van der Waals surface area (Å²) in [6.07, 6.45) is 4.04. The van der Waals surface area contributed by atoms with Gasteiger partial charge in [0.2, 0.25) is 0 Å². The molecular weight excluding hydrogens is 465 g/mol. The predicted octanol–water partition coefficient (Wildman–Crippen LogP) is 6.67. The smallest absolute Gasteiger partial charge is 0.311 e. The first kappa shape index (κ1) is 27.3. The van der Waals surface area contributed by atoms with Crippen LogP contribution in [0.3, 0.4) is 0 Å². The number of rotatable bonds is 9. The van der Waals surface area contributed by atoms with E-state index in [0.29, 0.717) is 12.8 Å². The maximum atomic E-state index is 14.0. The van der Waals surface area contributed by atoms with Crippen molar-refractivity contribution in [2.45, 2.75) is 78.2 Å². The number of nitrogens with zero attached hydrogens (tertiary/aromatic N) is 2. The van der Waals surface area contributed by atoms with E-state index in [-0.39, 0.29) is 23.6 Å². The highest BCUT2D eigenvalue weighted by Crippen LogP contribution is 2.48. The molecule has 37 heavy (non-hydrogen) atoms. The van der Waals surface area contributed by atoms with Gasteiger partial charge in [0.05, 0.1) is 16.4 Å². The van der Waals surface area contributed by atoms with Gasteiger partial charge < -0.3 is 14.6 Å². The minimum Gasteiger partial charge on any atom is -0.458 e. The second-order valence-electron chi connectivity index (χ2n) is 12.1. The molecule has 0 saturated heterocycles. The van der Waals surface area contributed by atoms with Crippen molar-refractivity contribution in [3.05, 3.63) is 65.2 Å². The lowest BCUT2D eigenvalue weighted by Gasteiger charge is -2.48. The van der Waals surface area contributed by atoms with Crippen molar-refractivity contribution in [3.63, 3.8) is 0 Å². The van der Waals surface area contributed by atoms with Crippen LogP contribution in [-0.4, -0.2) is 46.6 Å². The van der Waals surface area contributed by atoms with E-state index in [0.717, 1.165) is 60.3 Å². The summed E-state index contributed by atoms with van der Waals surface area (Å²) in [5.41, 5.74) is 3.04. The number of carbonyl (C=O) groups excluding carboxylic acids is 1. The van der Waals surface area contributed by atoms with Gasteiger partial charge in [0.1, 0.15) is 17.2 Å². The van der Waals surface area contributed by atoms with Crippen LogP contribution in [0.25, 0.3) is 11.0 Å². The van der Waals surface area contributed by atoms with E-state index in [2.05, 4.69) is 36.8 Å². The standard InChI is InChI=1S/C31H42FN3O2/c1-21(2)28-24-14-13-23(32)20-22(24)15-16-31(28,37-29(36)30(3,4)5)17-19-35(6)18-9-12-27-33-25-10-7-8-11-26(25)34-27/h7-8,10-11,13-14,20-21,28H,9,12,15-19H2,1-6H3,(H,33,34). The number of ether oxygens (including phenoxy) is 1. The second-order valence-corrected chi connectivity index (χ2v) is 12.1. The maximum absolute atomic E-state index is 14.0. The summed E-state index contributed by atoms with van der Waals surface area (Å²) in [6.45, 7) is 11.8. The molecule has 0 amide bonds. The molecule has 0 fully saturated rings. The molecule has 1 N–H and O–H groups in total. The third-order valence-corrected chi connectivity index (χ3v) is 7.71. The highest BCUT2D eigenvalue weighted by Gasteiger charge is 2.48. The number of benzene rings is 2. The van der Waals surface area contributed by atoms with Crippen LogP contribution in [0.15, 0.2) is 42.5 Å². The molecular formula is C31H42FN3O2. The van der Waals surface area contributed by atoms with Crippen LogP contribution in [0.2, 0.25) is 0 Å². The Morgan fingerprint density at radius 1 is 1.22 bits per heavy atom. The molecule has 1 aromatic heterocycles. The molecule has 1 aliphatic carbocycles. The number of para-hydroxylation sites is 2. The first-order valence-corrected chi connectivity index (χ1v) is 13.6. The summed E-state index contributed by atoms with van der Waals surface area (Å²) in [5, 5.41) is 0. The van der Waals surface area contributed by atoms with Crippen LogP contribution < -0.4 is 0 Å². The predicted molar refractivity (Wildman–Crippen MR) is 147 cm³/mol. The molecule has 0 radical (unpaired) electrons. The summed E-state index contributed by atoms with van der Waals surface area (Å²) >= 11 is 0. The minimum absolute atomic E-state index is 0.0205. The highest BCUT2D eigenvalue weighted by atomic mass is 19.1. The van der Waals surface area contributed by atoms with Gasteiger partial charge in [-0.05, 0) is 94.9 Å². The van der Waals surface area contributed by atoms with E-state index in [1.807, 2.05) is 45.0 Å². The van der Waals surface area contributed by atoms with Crippen molar-refractivity contribution in [3.8, 4) is 0 Å². The second kappa shape index (κ2) is 10.9. The van der Waals surface area contributed by atoms with Gasteiger partial charge in [-0.25, -0.2) is 9.37 Å². The van der Waals surface area contributed by atoms with E-state index < -0.39 is 11.0 Å². The van der Waals surface area contributed by atoms with Gasteiger partial charge in [0.15, 0.2) is 0 Å². The summed E-state index contributed by atoms with van der Waals surface area (Å²) in [6, 6.07) is 13.2. The largest absolute Gasteiger partial charge is 0.458 e. The Morgan fingerprint density at radius 2 is 1.97 bits per heavy atom. The van der Waals surface area contributed by atoms with Gasteiger partial charge >= 0.3 is 5.97 Å². The maximum Gasteiger partial charge on any atom is 0.311 e. The Labute approximate surface area is 220 Å². The first-order valence-electron chi connectivity index (χ1n) is 13.6. The molecule has 0 aliphatic heterocycles. The van der Waals surface area contributed by atoms with Crippen LogP contribution in [-0.2, 0) is 22.4 Å². The van der Waals surface area contributed by atoms with Gasteiger partial charge in [-0.2, -0.15) is 0 Å². The summed E-state index contributed by atoms with van der Waals surface area (Å²) in [4.78, 5) is 23.6. The molecule has 6 heteroatoms. The number of halogens is 1. The summed E-state index contributed by atoms with van der Waals surface area (Å²) < 4.78 is 20.5. The van der Waals surface area contributed by atoms with Crippen molar-refractivity contribution in [1.82, 2.24) is 14.9 Å². The van der Waals surface area contributed by atoms with Gasteiger partial charge in [-0.1, -0.05) is 32.0 Å². The number of fused-ring (bicyclic) bond motifs is 2. The molecule has 2 atom stereocenters. The van der Waals surface area contributed by atoms with Crippen LogP contribution in [0.4, 0.5) is 4.39 Å². The normalized spacial score (nSPS) is 20.0. The van der Waals surface area contributed by atoms with Crippen LogP contribution >= 0.6 is 0 Å². The zero-order valence-corrected chi connectivity index (χ0v) is 23.2. The fraction of sp³-hybridized carbons (Fsp3) is 0.548. The zero-order valence-electron chi connectivity index (χ0n) is 23.2. The fourth-order valence-electron chi connectivity index (χ4n) is 5.76. The van der Waals surface area contributed by atoms with Crippen molar-refractivity contribution >= 4 is 17.0 Å². The Kier molecular flexibility index (Phi) is 8.08. The fourth-order valence-corrected chi connectivity index (χ4v) is 5.76. The molecule has 200 valence electrons. The van der Waals surface area contributed by atoms with E-state index >= 15 is 0 Å². The number of aryl methyl sites for hydroxylation is 2. The molecule has 0 bridgehead atoms. The van der Waals surface area contributed by atoms with Gasteiger partial charge in [0, 0.05) is 25.3 Å². The van der Waals surface area contributed by atoms with Crippen molar-refractivity contribution in [2.75, 3.05) is 20.1 Å². The van der Waals surface area contributed by atoms with E-state index in [1.54, 1.807) is 12.1 Å². The number of esters is 1. The number of aromatic nitrogens is 2. The summed E-state index contributed by atoms with van der Waals surface area (Å²) in [7, 11) is 2.13. The van der Waals surface area contributed by atoms with Crippen LogP contribution in [0.5, 0.6) is 0 Å². The quantitative estimate of drug-likeness (QED) is 0.329. The molecule has 2 aromatic carbocycles. The lowest BCUT2D eigenvalue weighted by Crippen LogP contribution is -2.50. The number of imidazole rings is 1. The Hall–Kier alpha value is -2.73. The van der Waals surface area contributed by atoms with Crippen molar-refractivity contribution < 1.29 is 13.9 Å². The van der Waals surface area contributed by atoms with Crippen LogP contribution in [0, 0.1) is 17.2 Å². The van der Waals surface area contributed by atoms with E-state index in [9.17, 15) is 9.18 Å². The molecule has 2 unspecified atom stereocenters. The number of aromatic amines is 1. The highest BCUT2D eigenvalue weighted by molar-refractivity contribution is 5.76. The average molecular weight is 508 g/mol. The lowest BCUT2D eigenvalue weighted by atomic mass is 9.65. The molecule has 4 rings (SSSR count). The van der Waals surface area contributed by atoms with Crippen molar-refractivity contribution in [1.29, 1.82) is 0 Å². The number of hydrogen-bond acceptors (Lipinski definition) is 4. The molecule has 3 aromatic rings. The summed E-state index contributed by atoms with van der Waals surface area (Å²) in [5.74, 6) is 0.907. The van der Waals surface area contributed by atoms with Crippen molar-refractivity contribution in [2.24, 2.45) is 11.3 Å². The SMILES string of the molecule is CC(C)C1c2ccc(F)cc2CCC1(CCN(C)CCCc1nc2ccccc2[nH]1)OC(=O)C(C)(C)C. The first-order chi connectivity index (χ1) is 17.5. The number of H-pyrrole nitrogens is 1. The average Bonchev–Trinajstić information content (AvgIpc) is 3.25. The number of hydrogen-bond donors (Lipinski definition) is 1. The van der Waals surface area contributed by atoms with Crippen LogP contribution in [0.1, 0.15) is 76.8 Å². The third-order valence-electron chi connectivity index (χ3n) is 7.71. The topological polar surface area (TPSA) is 58.2 Å². The third kappa shape index (κ3) is 6.23. The van der Waals surface area contributed by atoms with E-state index in [1.165, 1.54) is 0 Å². The zero-order chi connectivity index (χ0) is 26.8. The van der Waals surface area contributed by atoms with Gasteiger partial charge in [0.25, 0.3) is 0 Å². The molecule has 0 saturated carbocycles. The lowest BCUT2D eigenvalue weighted by molar-refractivity contribution is -0.177. The Bertz CT molecular complexity index is 1200. The Morgan fingerprint density at radius 3 is 2.68 bits per heavy atom. The Balaban J connectivity index is 1.47. The molecule has 1 aliphatic rings. The van der Waals surface area contributed by atoms with Gasteiger partial charge in [-0.15, -0.1) is 0 Å².